The van der Waals surface area contributed by atoms with Crippen LogP contribution in [0.2, 0.25) is 18.1 Å². The fourth-order valence-corrected chi connectivity index (χ4v) is 2.78. The van der Waals surface area contributed by atoms with Crippen LogP contribution >= 0.6 is 0 Å². The van der Waals surface area contributed by atoms with Crippen molar-refractivity contribution in [1.82, 2.24) is 0 Å². The van der Waals surface area contributed by atoms with E-state index in [0.29, 0.717) is 18.8 Å². The quantitative estimate of drug-likeness (QED) is 0.385. The molecule has 0 radical (unpaired) electrons. The first-order valence-electron chi connectivity index (χ1n) is 8.58. The molecular weight excluding hydrogens is 308 g/mol. The second-order valence-electron chi connectivity index (χ2n) is 7.80. The molecule has 2 atom stereocenters. The zero-order valence-electron chi connectivity index (χ0n) is 16.2. The van der Waals surface area contributed by atoms with E-state index in [-0.39, 0.29) is 16.9 Å². The average molecular weight is 345 g/mol. The second kappa shape index (κ2) is 9.60. The Morgan fingerprint density at radius 3 is 2.35 bits per heavy atom. The molecule has 0 amide bonds. The van der Waals surface area contributed by atoms with Crippen LogP contribution in [0.5, 0.6) is 0 Å². The van der Waals surface area contributed by atoms with Gasteiger partial charge in [-0.2, -0.15) is 0 Å². The van der Waals surface area contributed by atoms with Gasteiger partial charge in [-0.1, -0.05) is 33.8 Å². The van der Waals surface area contributed by atoms with Gasteiger partial charge in [0.1, 0.15) is 0 Å². The highest BCUT2D eigenvalue weighted by Crippen LogP contribution is 2.36. The maximum Gasteiger partial charge on any atom is 0.333 e. The molecule has 23 heavy (non-hydrogen) atoms. The standard InChI is InChI=1S/C18H36O4Si/c1-9-21-17(20)15(3)12-10-11-14(2)16(19)13-22-23(7,8)18(4,5)6/h12,14,16,19H,9-11,13H2,1-8H3/b15-12-/t14-,16+/m0/s1. The van der Waals surface area contributed by atoms with Crippen molar-refractivity contribution in [2.24, 2.45) is 5.92 Å². The molecule has 0 aromatic carbocycles. The summed E-state index contributed by atoms with van der Waals surface area (Å²) in [6.45, 7) is 17.3. The van der Waals surface area contributed by atoms with Gasteiger partial charge in [0.2, 0.25) is 0 Å². The number of rotatable bonds is 9. The number of ether oxygens (including phenoxy) is 1. The smallest absolute Gasteiger partial charge is 0.333 e. The highest BCUT2D eigenvalue weighted by Gasteiger charge is 2.37. The third-order valence-electron chi connectivity index (χ3n) is 4.75. The van der Waals surface area contributed by atoms with E-state index >= 15 is 0 Å². The Bertz CT molecular complexity index is 396. The highest BCUT2D eigenvalue weighted by molar-refractivity contribution is 6.74. The first-order chi connectivity index (χ1) is 10.4. The Balaban J connectivity index is 4.29. The van der Waals surface area contributed by atoms with Gasteiger partial charge in [0.25, 0.3) is 0 Å². The Morgan fingerprint density at radius 2 is 1.87 bits per heavy atom. The number of esters is 1. The van der Waals surface area contributed by atoms with Crippen LogP contribution in [0.25, 0.3) is 0 Å². The SMILES string of the molecule is CCOC(=O)/C(C)=C\CC[C@H](C)[C@H](O)CO[Si](C)(C)C(C)(C)C. The van der Waals surface area contributed by atoms with Crippen LogP contribution in [0.4, 0.5) is 0 Å². The summed E-state index contributed by atoms with van der Waals surface area (Å²) in [7, 11) is -1.82. The molecule has 0 bridgehead atoms. The number of aliphatic hydroxyl groups excluding tert-OH is 1. The van der Waals surface area contributed by atoms with Gasteiger partial charge in [-0.3, -0.25) is 0 Å². The van der Waals surface area contributed by atoms with Crippen molar-refractivity contribution < 1.29 is 19.1 Å². The Hall–Kier alpha value is -0.653. The van der Waals surface area contributed by atoms with Crippen LogP contribution in [-0.2, 0) is 14.0 Å². The molecule has 4 nitrogen and oxygen atoms in total. The van der Waals surface area contributed by atoms with E-state index in [1.807, 2.05) is 13.0 Å². The minimum Gasteiger partial charge on any atom is -0.463 e. The first-order valence-corrected chi connectivity index (χ1v) is 11.5. The highest BCUT2D eigenvalue weighted by atomic mass is 28.4. The van der Waals surface area contributed by atoms with Crippen LogP contribution in [0.3, 0.4) is 0 Å². The van der Waals surface area contributed by atoms with Crippen molar-refractivity contribution in [2.75, 3.05) is 13.2 Å². The summed E-state index contributed by atoms with van der Waals surface area (Å²) in [5, 5.41) is 10.4. The van der Waals surface area contributed by atoms with Crippen molar-refractivity contribution in [3.8, 4) is 0 Å². The van der Waals surface area contributed by atoms with Crippen LogP contribution in [0, 0.1) is 5.92 Å². The van der Waals surface area contributed by atoms with Gasteiger partial charge in [0.05, 0.1) is 19.3 Å². The Kier molecular flexibility index (Phi) is 9.32. The number of carbonyl (C=O) groups is 1. The zero-order valence-corrected chi connectivity index (χ0v) is 17.2. The molecule has 0 rings (SSSR count). The fourth-order valence-electron chi connectivity index (χ4n) is 1.76. The van der Waals surface area contributed by atoms with Gasteiger partial charge in [-0.15, -0.1) is 0 Å². The van der Waals surface area contributed by atoms with E-state index in [2.05, 4.69) is 33.9 Å². The summed E-state index contributed by atoms with van der Waals surface area (Å²) in [6.07, 6.45) is 2.98. The fraction of sp³-hybridized carbons (Fsp3) is 0.833. The molecule has 0 unspecified atom stereocenters. The lowest BCUT2D eigenvalue weighted by atomic mass is 9.99. The number of allylic oxidation sites excluding steroid dienone is 1. The van der Waals surface area contributed by atoms with Gasteiger partial charge in [0.15, 0.2) is 8.32 Å². The summed E-state index contributed by atoms with van der Waals surface area (Å²) < 4.78 is 11.0. The summed E-state index contributed by atoms with van der Waals surface area (Å²) in [5.74, 6) is -0.132. The van der Waals surface area contributed by atoms with Crippen LogP contribution in [-0.4, -0.2) is 38.7 Å². The number of hydrogen-bond acceptors (Lipinski definition) is 4. The van der Waals surface area contributed by atoms with Gasteiger partial charge in [-0.05, 0) is 50.7 Å². The third-order valence-corrected chi connectivity index (χ3v) is 9.25. The summed E-state index contributed by atoms with van der Waals surface area (Å²) in [6, 6.07) is 0. The molecule has 0 heterocycles. The lowest BCUT2D eigenvalue weighted by Gasteiger charge is -2.37. The van der Waals surface area contributed by atoms with Crippen molar-refractivity contribution in [2.45, 2.75) is 78.6 Å². The zero-order chi connectivity index (χ0) is 18.3. The molecule has 0 saturated carbocycles. The predicted molar refractivity (Wildman–Crippen MR) is 97.9 cm³/mol. The van der Waals surface area contributed by atoms with Crippen molar-refractivity contribution in [3.05, 3.63) is 11.6 Å². The molecule has 0 fully saturated rings. The largest absolute Gasteiger partial charge is 0.463 e. The number of carbonyl (C=O) groups excluding carboxylic acids is 1. The molecule has 5 heteroatoms. The summed E-state index contributed by atoms with van der Waals surface area (Å²) in [4.78, 5) is 11.5. The minimum atomic E-state index is -1.82. The average Bonchev–Trinajstić information content (AvgIpc) is 2.43. The van der Waals surface area contributed by atoms with Crippen molar-refractivity contribution in [1.29, 1.82) is 0 Å². The van der Waals surface area contributed by atoms with E-state index in [0.717, 1.165) is 12.8 Å². The molecule has 0 aromatic rings. The summed E-state index contributed by atoms with van der Waals surface area (Å²) >= 11 is 0. The number of hydrogen-bond donors (Lipinski definition) is 1. The third kappa shape index (κ3) is 8.13. The van der Waals surface area contributed by atoms with E-state index in [1.54, 1.807) is 13.8 Å². The van der Waals surface area contributed by atoms with Gasteiger partial charge in [-0.25, -0.2) is 4.79 Å². The molecule has 0 saturated heterocycles. The maximum absolute atomic E-state index is 11.5. The first kappa shape index (κ1) is 22.3. The van der Waals surface area contributed by atoms with Crippen molar-refractivity contribution in [3.63, 3.8) is 0 Å². The molecule has 0 aliphatic rings. The molecule has 0 spiro atoms. The normalized spacial score (nSPS) is 16.1. The second-order valence-corrected chi connectivity index (χ2v) is 12.6. The minimum absolute atomic E-state index is 0.131. The lowest BCUT2D eigenvalue weighted by molar-refractivity contribution is -0.138. The Labute approximate surface area is 143 Å². The van der Waals surface area contributed by atoms with Gasteiger partial charge >= 0.3 is 5.97 Å². The number of aliphatic hydroxyl groups is 1. The van der Waals surface area contributed by atoms with E-state index < -0.39 is 14.4 Å². The van der Waals surface area contributed by atoms with Crippen LogP contribution < -0.4 is 0 Å². The van der Waals surface area contributed by atoms with E-state index in [9.17, 15) is 9.90 Å². The molecule has 0 aromatic heterocycles. The van der Waals surface area contributed by atoms with Gasteiger partial charge in [0, 0.05) is 5.57 Å². The van der Waals surface area contributed by atoms with E-state index in [1.165, 1.54) is 0 Å². The monoisotopic (exact) mass is 344 g/mol. The molecule has 0 aliphatic carbocycles. The molecule has 1 N–H and O–H groups in total. The predicted octanol–water partition coefficient (Wildman–Crippen LogP) is 4.29. The Morgan fingerprint density at radius 1 is 1.30 bits per heavy atom. The molecule has 136 valence electrons. The summed E-state index contributed by atoms with van der Waals surface area (Å²) in [5.41, 5.74) is 0.631. The topological polar surface area (TPSA) is 55.8 Å². The lowest BCUT2D eigenvalue weighted by Crippen LogP contribution is -2.43. The van der Waals surface area contributed by atoms with E-state index in [4.69, 9.17) is 9.16 Å². The maximum atomic E-state index is 11.5. The van der Waals surface area contributed by atoms with Crippen LogP contribution in [0.1, 0.15) is 54.4 Å². The molecule has 0 aliphatic heterocycles. The van der Waals surface area contributed by atoms with Crippen molar-refractivity contribution >= 4 is 14.3 Å². The van der Waals surface area contributed by atoms with Gasteiger partial charge < -0.3 is 14.3 Å². The molecular formula is C18H36O4Si. The van der Waals surface area contributed by atoms with Crippen LogP contribution in [0.15, 0.2) is 11.6 Å².